The molecular formula is C20H15FN2O3S. The first-order chi connectivity index (χ1) is 13.1. The molecule has 0 saturated heterocycles. The van der Waals surface area contributed by atoms with Crippen LogP contribution in [0.25, 0.3) is 10.2 Å². The van der Waals surface area contributed by atoms with E-state index in [-0.39, 0.29) is 12.4 Å². The molecule has 1 aromatic heterocycles. The van der Waals surface area contributed by atoms with Crippen LogP contribution in [-0.4, -0.2) is 22.7 Å². The summed E-state index contributed by atoms with van der Waals surface area (Å²) in [5, 5.41) is 0. The van der Waals surface area contributed by atoms with Crippen molar-refractivity contribution in [1.29, 1.82) is 0 Å². The number of halogens is 1. The van der Waals surface area contributed by atoms with Gasteiger partial charge in [-0.15, -0.1) is 6.42 Å². The van der Waals surface area contributed by atoms with Crippen molar-refractivity contribution >= 4 is 27.5 Å². The fourth-order valence-corrected chi connectivity index (χ4v) is 3.98. The highest BCUT2D eigenvalue weighted by molar-refractivity contribution is 7.16. The Morgan fingerprint density at radius 1 is 1.30 bits per heavy atom. The lowest BCUT2D eigenvalue weighted by Crippen LogP contribution is -2.43. The summed E-state index contributed by atoms with van der Waals surface area (Å²) in [4.78, 5) is 17.4. The number of hydrogen-bond acceptors (Lipinski definition) is 4. The number of carbonyl (C=O) groups is 1. The Morgan fingerprint density at radius 2 is 2.04 bits per heavy atom. The summed E-state index contributed by atoms with van der Waals surface area (Å²) in [5.74, 6) is 2.80. The number of thiazole rings is 1. The van der Waals surface area contributed by atoms with Crippen LogP contribution in [0.1, 0.15) is 6.92 Å². The van der Waals surface area contributed by atoms with E-state index in [1.807, 2.05) is 6.07 Å². The third kappa shape index (κ3) is 3.20. The van der Waals surface area contributed by atoms with Crippen molar-refractivity contribution in [3.63, 3.8) is 0 Å². The molecule has 0 N–H and O–H groups in total. The van der Waals surface area contributed by atoms with E-state index in [1.165, 1.54) is 23.5 Å². The van der Waals surface area contributed by atoms with Gasteiger partial charge in [0.15, 0.2) is 16.3 Å². The molecule has 0 aliphatic carbocycles. The third-order valence-electron chi connectivity index (χ3n) is 4.19. The lowest BCUT2D eigenvalue weighted by Gasteiger charge is -2.29. The summed E-state index contributed by atoms with van der Waals surface area (Å²) >= 11 is 1.20. The molecule has 0 radical (unpaired) electrons. The average Bonchev–Trinajstić information content (AvgIpc) is 2.97. The Morgan fingerprint density at radius 3 is 2.78 bits per heavy atom. The van der Waals surface area contributed by atoms with Gasteiger partial charge in [-0.05, 0) is 37.3 Å². The number of carbonyl (C=O) groups excluding carboxylic acids is 1. The van der Waals surface area contributed by atoms with Gasteiger partial charge in [-0.2, -0.15) is 4.99 Å². The molecule has 136 valence electrons. The van der Waals surface area contributed by atoms with E-state index in [2.05, 4.69) is 10.9 Å². The summed E-state index contributed by atoms with van der Waals surface area (Å²) in [6.45, 7) is 1.97. The summed E-state index contributed by atoms with van der Waals surface area (Å²) < 4.78 is 27.5. The zero-order chi connectivity index (χ0) is 19.0. The number of aromatic nitrogens is 1. The van der Waals surface area contributed by atoms with E-state index >= 15 is 0 Å². The maximum absolute atomic E-state index is 13.5. The Kier molecular flexibility index (Phi) is 4.42. The zero-order valence-corrected chi connectivity index (χ0v) is 15.2. The maximum atomic E-state index is 13.5. The van der Waals surface area contributed by atoms with E-state index in [0.717, 1.165) is 5.52 Å². The largest absolute Gasteiger partial charge is 0.482 e. The van der Waals surface area contributed by atoms with Gasteiger partial charge in [0, 0.05) is 0 Å². The first kappa shape index (κ1) is 17.3. The molecule has 0 fully saturated rings. The first-order valence-corrected chi connectivity index (χ1v) is 9.12. The first-order valence-electron chi connectivity index (χ1n) is 8.30. The maximum Gasteiger partial charge on any atom is 0.293 e. The highest BCUT2D eigenvalue weighted by Gasteiger charge is 2.34. The van der Waals surface area contributed by atoms with Crippen molar-refractivity contribution in [2.75, 3.05) is 0 Å². The number of fused-ring (bicyclic) bond motifs is 2. The van der Waals surface area contributed by atoms with Crippen molar-refractivity contribution in [2.24, 2.45) is 4.99 Å². The van der Waals surface area contributed by atoms with Gasteiger partial charge in [-0.3, -0.25) is 4.79 Å². The second-order valence-electron chi connectivity index (χ2n) is 6.05. The molecule has 2 aromatic carbocycles. The molecule has 0 bridgehead atoms. The van der Waals surface area contributed by atoms with E-state index < -0.39 is 18.1 Å². The Balaban J connectivity index is 1.74. The number of hydrogen-bond donors (Lipinski definition) is 0. The monoisotopic (exact) mass is 382 g/mol. The van der Waals surface area contributed by atoms with Crippen LogP contribution in [0.15, 0.2) is 47.5 Å². The fraction of sp³-hybridized carbons (Fsp3) is 0.200. The van der Waals surface area contributed by atoms with Gasteiger partial charge in [0.25, 0.3) is 5.91 Å². The van der Waals surface area contributed by atoms with Gasteiger partial charge in [-0.1, -0.05) is 29.4 Å². The molecule has 4 rings (SSSR count). The van der Waals surface area contributed by atoms with Crippen molar-refractivity contribution in [1.82, 2.24) is 4.57 Å². The molecule has 0 saturated carbocycles. The van der Waals surface area contributed by atoms with Gasteiger partial charge in [0.2, 0.25) is 6.10 Å². The highest BCUT2D eigenvalue weighted by Crippen LogP contribution is 2.33. The zero-order valence-electron chi connectivity index (χ0n) is 14.4. The summed E-state index contributed by atoms with van der Waals surface area (Å²) in [5.41, 5.74) is 0.727. The number of nitrogens with zero attached hydrogens (tertiary/aromatic N) is 2. The SMILES string of the molecule is C#CCn1c(=NC(=O)C2Oc3ccccc3OC2C)sc2cc(F)ccc21. The molecule has 1 aliphatic heterocycles. The normalized spacial score (nSPS) is 19.1. The van der Waals surface area contributed by atoms with Gasteiger partial charge >= 0.3 is 0 Å². The van der Waals surface area contributed by atoms with Crippen LogP contribution in [0.4, 0.5) is 4.39 Å². The molecule has 7 heteroatoms. The third-order valence-corrected chi connectivity index (χ3v) is 5.23. The lowest BCUT2D eigenvalue weighted by molar-refractivity contribution is -0.130. The molecule has 3 aromatic rings. The number of terminal acetylenes is 1. The molecule has 1 aliphatic rings. The second kappa shape index (κ2) is 6.89. The smallest absolute Gasteiger partial charge is 0.293 e. The van der Waals surface area contributed by atoms with Crippen LogP contribution in [0, 0.1) is 18.2 Å². The number of benzene rings is 2. The molecular weight excluding hydrogens is 367 g/mol. The van der Waals surface area contributed by atoms with Gasteiger partial charge in [-0.25, -0.2) is 4.39 Å². The predicted octanol–water partition coefficient (Wildman–Crippen LogP) is 3.13. The molecule has 2 unspecified atom stereocenters. The van der Waals surface area contributed by atoms with Gasteiger partial charge < -0.3 is 14.0 Å². The van der Waals surface area contributed by atoms with E-state index in [4.69, 9.17) is 15.9 Å². The van der Waals surface area contributed by atoms with Crippen molar-refractivity contribution in [3.05, 3.63) is 53.1 Å². The fourth-order valence-electron chi connectivity index (χ4n) is 2.93. The van der Waals surface area contributed by atoms with Crippen molar-refractivity contribution < 1.29 is 18.7 Å². The van der Waals surface area contributed by atoms with Crippen LogP contribution in [0.3, 0.4) is 0 Å². The van der Waals surface area contributed by atoms with Crippen LogP contribution in [0.5, 0.6) is 11.5 Å². The molecule has 5 nitrogen and oxygen atoms in total. The molecule has 1 amide bonds. The minimum absolute atomic E-state index is 0.220. The van der Waals surface area contributed by atoms with Crippen molar-refractivity contribution in [2.45, 2.75) is 25.7 Å². The molecule has 2 heterocycles. The quantitative estimate of drug-likeness (QED) is 0.640. The van der Waals surface area contributed by atoms with Gasteiger partial charge in [0.05, 0.1) is 16.8 Å². The Hall–Kier alpha value is -3.11. The van der Waals surface area contributed by atoms with Crippen LogP contribution in [-0.2, 0) is 11.3 Å². The van der Waals surface area contributed by atoms with Crippen LogP contribution < -0.4 is 14.3 Å². The van der Waals surface area contributed by atoms with E-state index in [1.54, 1.807) is 35.8 Å². The molecule has 0 spiro atoms. The summed E-state index contributed by atoms with van der Waals surface area (Å²) in [6, 6.07) is 11.5. The van der Waals surface area contributed by atoms with Gasteiger partial charge in [0.1, 0.15) is 11.9 Å². The second-order valence-corrected chi connectivity index (χ2v) is 7.05. The standard InChI is InChI=1S/C20H15FN2O3S/c1-3-10-23-14-9-8-13(21)11-17(14)27-20(23)22-19(24)18-12(2)25-15-6-4-5-7-16(15)26-18/h1,4-9,11-12,18H,10H2,2H3. The molecule has 2 atom stereocenters. The number of amides is 1. The molecule has 27 heavy (non-hydrogen) atoms. The number of rotatable bonds is 2. The lowest BCUT2D eigenvalue weighted by atomic mass is 10.1. The average molecular weight is 382 g/mol. The summed E-state index contributed by atoms with van der Waals surface area (Å²) in [6.07, 6.45) is 4.08. The summed E-state index contributed by atoms with van der Waals surface area (Å²) in [7, 11) is 0. The predicted molar refractivity (Wildman–Crippen MR) is 100 cm³/mol. The minimum atomic E-state index is -0.874. The Labute approximate surface area is 158 Å². The minimum Gasteiger partial charge on any atom is -0.482 e. The van der Waals surface area contributed by atoms with E-state index in [0.29, 0.717) is 21.0 Å². The van der Waals surface area contributed by atoms with Crippen LogP contribution >= 0.6 is 11.3 Å². The van der Waals surface area contributed by atoms with Crippen molar-refractivity contribution in [3.8, 4) is 23.8 Å². The van der Waals surface area contributed by atoms with Crippen LogP contribution in [0.2, 0.25) is 0 Å². The van der Waals surface area contributed by atoms with E-state index in [9.17, 15) is 9.18 Å². The number of ether oxygens (including phenoxy) is 2. The highest BCUT2D eigenvalue weighted by atomic mass is 32.1. The number of para-hydroxylation sites is 2. The topological polar surface area (TPSA) is 52.8 Å². The Bertz CT molecular complexity index is 1140.